The fourth-order valence-corrected chi connectivity index (χ4v) is 8.83. The average Bonchev–Trinajstić information content (AvgIpc) is 3.52. The summed E-state index contributed by atoms with van der Waals surface area (Å²) < 4.78 is 33.6. The molecule has 426 valence electrons. The van der Waals surface area contributed by atoms with Gasteiger partial charge >= 0.3 is 0 Å². The maximum atomic E-state index is 10.3. The quantitative estimate of drug-likeness (QED) is 0.0290. The highest BCUT2D eigenvalue weighted by Crippen LogP contribution is 2.25. The summed E-state index contributed by atoms with van der Waals surface area (Å²) in [5.74, 6) is 5.09. The summed E-state index contributed by atoms with van der Waals surface area (Å²) in [5, 5.41) is 39.6. The summed E-state index contributed by atoms with van der Waals surface area (Å²) in [7, 11) is 5.04. The van der Waals surface area contributed by atoms with E-state index in [0.29, 0.717) is 19.6 Å². The molecule has 0 saturated heterocycles. The maximum Gasteiger partial charge on any atom is 0.122 e. The molecule has 15 nitrogen and oxygen atoms in total. The Hall–Kier alpha value is -8.76. The van der Waals surface area contributed by atoms with E-state index in [1.165, 1.54) is 16.7 Å². The fourth-order valence-electron chi connectivity index (χ4n) is 8.83. The lowest BCUT2D eigenvalue weighted by Crippen LogP contribution is -2.31. The van der Waals surface area contributed by atoms with E-state index in [0.717, 1.165) is 89.7 Å². The predicted octanol–water partition coefficient (Wildman–Crippen LogP) is 9.20. The Labute approximate surface area is 478 Å². The Balaban J connectivity index is 0.000000175. The van der Waals surface area contributed by atoms with Gasteiger partial charge in [-0.25, -0.2) is 0 Å². The van der Waals surface area contributed by atoms with Gasteiger partial charge in [-0.3, -0.25) is 0 Å². The second-order valence-corrected chi connectivity index (χ2v) is 19.3. The number of ether oxygens (including phenoxy) is 6. The number of aliphatic hydroxyl groups excluding tert-OH is 3. The first kappa shape index (κ1) is 59.9. The molecule has 6 aromatic rings. The molecule has 0 radical (unpaired) electrons. The standard InChI is InChI=1S/3C22H26N2O3/c3*1-26-21-7-4-5-18(15-21)9-10-19-6-2-3-8-22(19)27-17-20(25)16-24-13-11-23-12-14-24/h3*2-8,11-15,20,23,25H,9-10,16-17H2,1H3/t2*20-;/m10./s1. The Morgan fingerprint density at radius 2 is 0.617 bits per heavy atom. The number of methoxy groups -OCH3 is 3. The van der Waals surface area contributed by atoms with Crippen molar-refractivity contribution in [2.75, 3.05) is 60.8 Å². The van der Waals surface area contributed by atoms with E-state index in [-0.39, 0.29) is 19.8 Å². The van der Waals surface area contributed by atoms with Crippen molar-refractivity contribution in [2.45, 2.75) is 56.8 Å². The largest absolute Gasteiger partial charge is 0.497 e. The normalized spacial score (nSPS) is 13.9. The number of hydrogen-bond acceptors (Lipinski definition) is 15. The van der Waals surface area contributed by atoms with Crippen molar-refractivity contribution in [3.05, 3.63) is 253 Å². The average molecular weight is 1100 g/mol. The van der Waals surface area contributed by atoms with Gasteiger partial charge in [0.05, 0.1) is 41.0 Å². The first-order chi connectivity index (χ1) is 39.7. The fraction of sp³-hybridized carbons (Fsp3) is 0.273. The highest BCUT2D eigenvalue weighted by molar-refractivity contribution is 5.38. The summed E-state index contributed by atoms with van der Waals surface area (Å²) >= 11 is 0. The smallest absolute Gasteiger partial charge is 0.122 e. The molecule has 15 heteroatoms. The Morgan fingerprint density at radius 1 is 0.346 bits per heavy atom. The molecular weight excluding hydrogens is 1020 g/mol. The van der Waals surface area contributed by atoms with Crippen LogP contribution in [0.1, 0.15) is 33.4 Å². The first-order valence-electron chi connectivity index (χ1n) is 27.3. The summed E-state index contributed by atoms with van der Waals surface area (Å²) in [5.41, 5.74) is 7.07. The predicted molar refractivity (Wildman–Crippen MR) is 319 cm³/mol. The number of para-hydroxylation sites is 3. The molecule has 0 aromatic heterocycles. The lowest BCUT2D eigenvalue weighted by molar-refractivity contribution is 0.0903. The molecule has 0 fully saturated rings. The minimum atomic E-state index is -0.580. The zero-order valence-corrected chi connectivity index (χ0v) is 46.6. The monoisotopic (exact) mass is 1100 g/mol. The topological polar surface area (TPSA) is 162 Å². The maximum absolute atomic E-state index is 10.3. The summed E-state index contributed by atoms with van der Waals surface area (Å²) in [6.07, 6.45) is 25.8. The molecule has 9 rings (SSSR count). The van der Waals surface area contributed by atoms with Gasteiger partial charge < -0.3 is 74.4 Å². The summed E-state index contributed by atoms with van der Waals surface area (Å²) in [4.78, 5) is 5.75. The number of rotatable bonds is 27. The molecule has 1 unspecified atom stereocenters. The third kappa shape index (κ3) is 21.4. The van der Waals surface area contributed by atoms with Gasteiger partial charge in [-0.1, -0.05) is 91.0 Å². The zero-order valence-electron chi connectivity index (χ0n) is 46.6. The minimum absolute atomic E-state index is 0.252. The molecule has 0 aliphatic carbocycles. The highest BCUT2D eigenvalue weighted by atomic mass is 16.5. The van der Waals surface area contributed by atoms with Gasteiger partial charge in [0.25, 0.3) is 0 Å². The van der Waals surface area contributed by atoms with E-state index in [1.807, 2.05) is 180 Å². The first-order valence-corrected chi connectivity index (χ1v) is 27.3. The number of nitrogens with one attached hydrogen (secondary N) is 3. The van der Waals surface area contributed by atoms with E-state index < -0.39 is 18.3 Å². The van der Waals surface area contributed by atoms with Crippen LogP contribution in [0.5, 0.6) is 34.5 Å². The van der Waals surface area contributed by atoms with Gasteiger partial charge in [0, 0.05) is 74.4 Å². The minimum Gasteiger partial charge on any atom is -0.497 e. The third-order valence-corrected chi connectivity index (χ3v) is 13.1. The Kier molecular flexibility index (Phi) is 24.9. The molecule has 3 heterocycles. The number of aliphatic hydroxyl groups is 3. The number of hydrogen-bond donors (Lipinski definition) is 6. The van der Waals surface area contributed by atoms with Crippen LogP contribution in [0.25, 0.3) is 0 Å². The van der Waals surface area contributed by atoms with E-state index in [1.54, 1.807) is 21.3 Å². The number of β-amino-alcohol motifs (C(OH)–C–C–N with tert-alkyl or cyclic N) is 3. The third-order valence-electron chi connectivity index (χ3n) is 13.1. The zero-order chi connectivity index (χ0) is 56.7. The van der Waals surface area contributed by atoms with Crippen molar-refractivity contribution in [3.63, 3.8) is 0 Å². The molecule has 0 bridgehead atoms. The molecule has 0 spiro atoms. The van der Waals surface area contributed by atoms with Crippen molar-refractivity contribution in [3.8, 4) is 34.5 Å². The van der Waals surface area contributed by atoms with Crippen LogP contribution in [0.4, 0.5) is 0 Å². The van der Waals surface area contributed by atoms with Crippen LogP contribution in [-0.4, -0.2) is 109 Å². The molecule has 0 amide bonds. The molecular formula is C66H78N6O9. The van der Waals surface area contributed by atoms with Gasteiger partial charge in [-0.05, 0) is 127 Å². The Morgan fingerprint density at radius 3 is 0.889 bits per heavy atom. The molecule has 81 heavy (non-hydrogen) atoms. The summed E-state index contributed by atoms with van der Waals surface area (Å²) in [6, 6.07) is 48.3. The van der Waals surface area contributed by atoms with Gasteiger partial charge in [0.1, 0.15) is 72.6 Å². The molecule has 3 aliphatic rings. The van der Waals surface area contributed by atoms with Crippen LogP contribution in [-0.2, 0) is 38.5 Å². The summed E-state index contributed by atoms with van der Waals surface area (Å²) in [6.45, 7) is 2.22. The SMILES string of the molecule is COc1cccc(CCc2ccccc2OCC(O)CN2C=CNC=C2)c1.COc1cccc(CCc2ccccc2OC[C@@H](O)CN2C=CNC=C2)c1.COc1cccc(CCc2ccccc2OC[C@H](O)CN2C=CNC=C2)c1. The van der Waals surface area contributed by atoms with Gasteiger partial charge in [-0.2, -0.15) is 0 Å². The molecule has 0 saturated carbocycles. The molecule has 3 atom stereocenters. The van der Waals surface area contributed by atoms with Crippen molar-refractivity contribution in [2.24, 2.45) is 0 Å². The van der Waals surface area contributed by atoms with Gasteiger partial charge in [0.15, 0.2) is 0 Å². The van der Waals surface area contributed by atoms with E-state index in [9.17, 15) is 15.3 Å². The molecule has 6 aromatic carbocycles. The van der Waals surface area contributed by atoms with Crippen molar-refractivity contribution < 1.29 is 43.7 Å². The number of benzene rings is 6. The lowest BCUT2D eigenvalue weighted by Gasteiger charge is -2.22. The van der Waals surface area contributed by atoms with E-state index >= 15 is 0 Å². The van der Waals surface area contributed by atoms with Crippen LogP contribution >= 0.6 is 0 Å². The van der Waals surface area contributed by atoms with Gasteiger partial charge in [0.2, 0.25) is 0 Å². The van der Waals surface area contributed by atoms with Crippen LogP contribution in [0.3, 0.4) is 0 Å². The molecule has 6 N–H and O–H groups in total. The number of nitrogens with zero attached hydrogens (tertiary/aromatic N) is 3. The van der Waals surface area contributed by atoms with Crippen molar-refractivity contribution >= 4 is 0 Å². The van der Waals surface area contributed by atoms with Gasteiger partial charge in [-0.15, -0.1) is 0 Å². The molecule has 3 aliphatic heterocycles. The van der Waals surface area contributed by atoms with Crippen molar-refractivity contribution in [1.29, 1.82) is 0 Å². The van der Waals surface area contributed by atoms with Crippen LogP contribution in [0.15, 0.2) is 220 Å². The highest BCUT2D eigenvalue weighted by Gasteiger charge is 2.15. The van der Waals surface area contributed by atoms with E-state index in [2.05, 4.69) is 70.5 Å². The van der Waals surface area contributed by atoms with Crippen molar-refractivity contribution in [1.82, 2.24) is 30.7 Å². The van der Waals surface area contributed by atoms with Crippen LogP contribution in [0, 0.1) is 0 Å². The second-order valence-electron chi connectivity index (χ2n) is 19.3. The van der Waals surface area contributed by atoms with Crippen LogP contribution in [0.2, 0.25) is 0 Å². The second kappa shape index (κ2) is 33.6. The number of aryl methyl sites for hydroxylation is 6. The lowest BCUT2D eigenvalue weighted by atomic mass is 10.0. The van der Waals surface area contributed by atoms with E-state index in [4.69, 9.17) is 28.4 Å². The van der Waals surface area contributed by atoms with Crippen LogP contribution < -0.4 is 44.4 Å². The Bertz CT molecular complexity index is 2650.